The van der Waals surface area contributed by atoms with Crippen LogP contribution in [0.1, 0.15) is 30.8 Å². The van der Waals surface area contributed by atoms with E-state index in [2.05, 4.69) is 15.3 Å². The number of nitrogens with one attached hydrogen (secondary N) is 2. The van der Waals surface area contributed by atoms with Crippen LogP contribution in [0.15, 0.2) is 53.4 Å². The van der Waals surface area contributed by atoms with Crippen LogP contribution in [0, 0.1) is 0 Å². The fourth-order valence-electron chi connectivity index (χ4n) is 2.66. The van der Waals surface area contributed by atoms with E-state index >= 15 is 0 Å². The molecule has 0 bridgehead atoms. The molecule has 26 heavy (non-hydrogen) atoms. The van der Waals surface area contributed by atoms with Crippen molar-refractivity contribution in [2.24, 2.45) is 5.14 Å². The van der Waals surface area contributed by atoms with E-state index in [1.165, 1.54) is 12.1 Å². The normalized spacial score (nSPS) is 12.8. The van der Waals surface area contributed by atoms with Gasteiger partial charge in [0.1, 0.15) is 5.82 Å². The predicted octanol–water partition coefficient (Wildman–Crippen LogP) is 2.02. The number of hydrogen-bond donors (Lipinski definition) is 3. The van der Waals surface area contributed by atoms with Crippen molar-refractivity contribution in [3.63, 3.8) is 0 Å². The summed E-state index contributed by atoms with van der Waals surface area (Å²) >= 11 is 0. The van der Waals surface area contributed by atoms with Gasteiger partial charge in [-0.15, -0.1) is 0 Å². The van der Waals surface area contributed by atoms with Crippen molar-refractivity contribution in [3.8, 4) is 0 Å². The van der Waals surface area contributed by atoms with Crippen LogP contribution < -0.4 is 10.5 Å². The largest absolute Gasteiger partial charge is 0.346 e. The highest BCUT2D eigenvalue weighted by molar-refractivity contribution is 7.89. The summed E-state index contributed by atoms with van der Waals surface area (Å²) < 4.78 is 22.5. The molecule has 0 unspecified atom stereocenters. The van der Waals surface area contributed by atoms with Crippen molar-refractivity contribution >= 4 is 27.0 Å². The van der Waals surface area contributed by atoms with Gasteiger partial charge in [-0.05, 0) is 43.2 Å². The van der Waals surface area contributed by atoms with E-state index < -0.39 is 10.0 Å². The summed E-state index contributed by atoms with van der Waals surface area (Å²) in [5, 5.41) is 7.98. The Hall–Kier alpha value is -2.71. The SMILES string of the molecule is C[C@H](NC(=O)CCc1ccc(S(N)(=O)=O)cc1)c1nc2ccccc2[nH]1. The standard InChI is InChI=1S/C18H20N4O3S/c1-12(18-21-15-4-2-3-5-16(15)22-18)20-17(23)11-8-13-6-9-14(10-7-13)26(19,24)25/h2-7,9-10,12H,8,11H2,1H3,(H,20,23)(H,21,22)(H2,19,24,25)/t12-/m0/s1. The van der Waals surface area contributed by atoms with Crippen LogP contribution in [0.3, 0.4) is 0 Å². The smallest absolute Gasteiger partial charge is 0.238 e. The molecule has 0 aliphatic rings. The van der Waals surface area contributed by atoms with Gasteiger partial charge < -0.3 is 10.3 Å². The lowest BCUT2D eigenvalue weighted by atomic mass is 10.1. The fourth-order valence-corrected chi connectivity index (χ4v) is 3.18. The van der Waals surface area contributed by atoms with Crippen molar-refractivity contribution in [1.82, 2.24) is 15.3 Å². The van der Waals surface area contributed by atoms with Crippen LogP contribution in [0.5, 0.6) is 0 Å². The van der Waals surface area contributed by atoms with E-state index in [0.29, 0.717) is 18.7 Å². The van der Waals surface area contributed by atoms with Crippen LogP contribution in [0.25, 0.3) is 11.0 Å². The van der Waals surface area contributed by atoms with Crippen molar-refractivity contribution < 1.29 is 13.2 Å². The number of primary sulfonamides is 1. The van der Waals surface area contributed by atoms with Crippen molar-refractivity contribution in [1.29, 1.82) is 0 Å². The first-order chi connectivity index (χ1) is 12.3. The zero-order valence-corrected chi connectivity index (χ0v) is 15.1. The Balaban J connectivity index is 1.56. The zero-order valence-electron chi connectivity index (χ0n) is 14.3. The van der Waals surface area contributed by atoms with Gasteiger partial charge in [0.15, 0.2) is 0 Å². The molecule has 0 saturated carbocycles. The van der Waals surface area contributed by atoms with Crippen LogP contribution in [0.4, 0.5) is 0 Å². The van der Waals surface area contributed by atoms with Crippen LogP contribution in [0.2, 0.25) is 0 Å². The topological polar surface area (TPSA) is 118 Å². The summed E-state index contributed by atoms with van der Waals surface area (Å²) in [4.78, 5) is 19.9. The quantitative estimate of drug-likeness (QED) is 0.613. The third-order valence-electron chi connectivity index (χ3n) is 4.09. The molecule has 0 saturated heterocycles. The first kappa shape index (κ1) is 18.1. The molecule has 3 rings (SSSR count). The Morgan fingerprint density at radius 2 is 1.88 bits per heavy atom. The Morgan fingerprint density at radius 1 is 1.19 bits per heavy atom. The number of rotatable bonds is 6. The van der Waals surface area contributed by atoms with E-state index in [1.54, 1.807) is 12.1 Å². The molecular formula is C18H20N4O3S. The van der Waals surface area contributed by atoms with Gasteiger partial charge >= 0.3 is 0 Å². The maximum absolute atomic E-state index is 12.2. The number of carbonyl (C=O) groups excluding carboxylic acids is 1. The number of carbonyl (C=O) groups is 1. The second-order valence-electron chi connectivity index (χ2n) is 6.12. The highest BCUT2D eigenvalue weighted by atomic mass is 32.2. The maximum atomic E-state index is 12.2. The first-order valence-electron chi connectivity index (χ1n) is 8.19. The summed E-state index contributed by atoms with van der Waals surface area (Å²) in [6.07, 6.45) is 0.795. The van der Waals surface area contributed by atoms with Gasteiger partial charge in [-0.25, -0.2) is 18.5 Å². The molecule has 1 amide bonds. The third kappa shape index (κ3) is 4.27. The molecule has 1 heterocycles. The summed E-state index contributed by atoms with van der Waals surface area (Å²) in [6, 6.07) is 13.7. The van der Waals surface area contributed by atoms with E-state index in [1.807, 2.05) is 31.2 Å². The molecule has 8 heteroatoms. The monoisotopic (exact) mass is 372 g/mol. The van der Waals surface area contributed by atoms with E-state index in [4.69, 9.17) is 5.14 Å². The molecule has 0 radical (unpaired) electrons. The first-order valence-corrected chi connectivity index (χ1v) is 9.73. The number of aromatic nitrogens is 2. The van der Waals surface area contributed by atoms with E-state index in [0.717, 1.165) is 16.6 Å². The number of imidazole rings is 1. The molecule has 0 fully saturated rings. The number of nitrogens with two attached hydrogens (primary N) is 1. The molecule has 136 valence electrons. The molecule has 0 aliphatic heterocycles. The second kappa shape index (κ2) is 7.27. The summed E-state index contributed by atoms with van der Waals surface area (Å²) in [5.74, 6) is 0.602. The second-order valence-corrected chi connectivity index (χ2v) is 7.68. The Kier molecular flexibility index (Phi) is 5.06. The summed E-state index contributed by atoms with van der Waals surface area (Å²) in [7, 11) is -3.70. The van der Waals surface area contributed by atoms with Crippen LogP contribution in [-0.2, 0) is 21.2 Å². The Labute approximate surface area is 151 Å². The van der Waals surface area contributed by atoms with Gasteiger partial charge in [-0.2, -0.15) is 0 Å². The van der Waals surface area contributed by atoms with Gasteiger partial charge in [0, 0.05) is 6.42 Å². The number of sulfonamides is 1. The summed E-state index contributed by atoms with van der Waals surface area (Å²) in [5.41, 5.74) is 2.65. The lowest BCUT2D eigenvalue weighted by molar-refractivity contribution is -0.121. The molecule has 1 aromatic heterocycles. The minimum absolute atomic E-state index is 0.0595. The molecule has 4 N–H and O–H groups in total. The zero-order chi connectivity index (χ0) is 18.7. The molecule has 2 aromatic carbocycles. The molecule has 1 atom stereocenters. The van der Waals surface area contributed by atoms with E-state index in [9.17, 15) is 13.2 Å². The average molecular weight is 372 g/mol. The predicted molar refractivity (Wildman–Crippen MR) is 98.8 cm³/mol. The number of para-hydroxylation sites is 2. The molecule has 0 aliphatic carbocycles. The van der Waals surface area contributed by atoms with Crippen LogP contribution >= 0.6 is 0 Å². The molecule has 3 aromatic rings. The Morgan fingerprint density at radius 3 is 2.54 bits per heavy atom. The average Bonchev–Trinajstić information content (AvgIpc) is 3.04. The maximum Gasteiger partial charge on any atom is 0.238 e. The van der Waals surface area contributed by atoms with E-state index in [-0.39, 0.29) is 16.8 Å². The third-order valence-corrected chi connectivity index (χ3v) is 5.02. The lowest BCUT2D eigenvalue weighted by Gasteiger charge is -2.11. The van der Waals surface area contributed by atoms with Gasteiger partial charge in [0.2, 0.25) is 15.9 Å². The van der Waals surface area contributed by atoms with Crippen molar-refractivity contribution in [2.75, 3.05) is 0 Å². The summed E-state index contributed by atoms with van der Waals surface area (Å²) in [6.45, 7) is 1.87. The Bertz CT molecular complexity index is 993. The van der Waals surface area contributed by atoms with Crippen molar-refractivity contribution in [2.45, 2.75) is 30.7 Å². The van der Waals surface area contributed by atoms with Gasteiger partial charge in [0.25, 0.3) is 0 Å². The number of H-pyrrole nitrogens is 1. The fraction of sp³-hybridized carbons (Fsp3) is 0.222. The number of benzene rings is 2. The lowest BCUT2D eigenvalue weighted by Crippen LogP contribution is -2.27. The molecule has 0 spiro atoms. The molecular weight excluding hydrogens is 352 g/mol. The number of hydrogen-bond acceptors (Lipinski definition) is 4. The molecule has 7 nitrogen and oxygen atoms in total. The highest BCUT2D eigenvalue weighted by Gasteiger charge is 2.14. The van der Waals surface area contributed by atoms with Gasteiger partial charge in [-0.1, -0.05) is 24.3 Å². The minimum atomic E-state index is -3.70. The number of aryl methyl sites for hydroxylation is 1. The minimum Gasteiger partial charge on any atom is -0.346 e. The van der Waals surface area contributed by atoms with Gasteiger partial charge in [0.05, 0.1) is 22.0 Å². The number of fused-ring (bicyclic) bond motifs is 1. The van der Waals surface area contributed by atoms with Gasteiger partial charge in [-0.3, -0.25) is 4.79 Å². The van der Waals surface area contributed by atoms with Crippen molar-refractivity contribution in [3.05, 3.63) is 59.9 Å². The van der Waals surface area contributed by atoms with Crippen LogP contribution in [-0.4, -0.2) is 24.3 Å². The highest BCUT2D eigenvalue weighted by Crippen LogP contribution is 2.16. The number of aromatic amines is 1. The number of amides is 1. The number of nitrogens with zero attached hydrogens (tertiary/aromatic N) is 1.